The Morgan fingerprint density at radius 2 is 2.08 bits per heavy atom. The molecule has 2 amide bonds. The maximum absolute atomic E-state index is 12.2. The second kappa shape index (κ2) is 6.65. The van der Waals surface area contributed by atoms with Gasteiger partial charge in [-0.3, -0.25) is 4.68 Å². The highest BCUT2D eigenvalue weighted by Crippen LogP contribution is 2.38. The Morgan fingerprint density at radius 3 is 2.71 bits per heavy atom. The SMILES string of the molecule is Cn1cc(NC(=O)NCC(C)(O)c2ccccc2)c(C2CCC2)n1. The molecule has 1 aromatic heterocycles. The summed E-state index contributed by atoms with van der Waals surface area (Å²) in [6, 6.07) is 8.98. The van der Waals surface area contributed by atoms with Crippen LogP contribution < -0.4 is 10.6 Å². The number of hydrogen-bond donors (Lipinski definition) is 3. The van der Waals surface area contributed by atoms with Gasteiger partial charge in [0.05, 0.1) is 17.9 Å². The highest BCUT2D eigenvalue weighted by atomic mass is 16.3. The number of carbonyl (C=O) groups excluding carboxylic acids is 1. The van der Waals surface area contributed by atoms with Gasteiger partial charge in [0.25, 0.3) is 0 Å². The van der Waals surface area contributed by atoms with Gasteiger partial charge in [0.2, 0.25) is 0 Å². The zero-order valence-electron chi connectivity index (χ0n) is 14.1. The van der Waals surface area contributed by atoms with Gasteiger partial charge in [-0.05, 0) is 25.3 Å². The van der Waals surface area contributed by atoms with Gasteiger partial charge in [-0.2, -0.15) is 5.10 Å². The van der Waals surface area contributed by atoms with Crippen LogP contribution in [0.4, 0.5) is 10.5 Å². The van der Waals surface area contributed by atoms with Gasteiger partial charge in [0.1, 0.15) is 5.60 Å². The van der Waals surface area contributed by atoms with Crippen molar-refractivity contribution in [3.63, 3.8) is 0 Å². The number of benzene rings is 1. The van der Waals surface area contributed by atoms with E-state index in [1.54, 1.807) is 11.6 Å². The molecule has 6 heteroatoms. The minimum atomic E-state index is -1.12. The third kappa shape index (κ3) is 3.59. The zero-order chi connectivity index (χ0) is 17.2. The number of hydrogen-bond acceptors (Lipinski definition) is 3. The van der Waals surface area contributed by atoms with Crippen molar-refractivity contribution in [2.24, 2.45) is 7.05 Å². The van der Waals surface area contributed by atoms with Crippen LogP contribution in [0, 0.1) is 0 Å². The first-order valence-electron chi connectivity index (χ1n) is 8.32. The van der Waals surface area contributed by atoms with E-state index >= 15 is 0 Å². The first-order valence-corrected chi connectivity index (χ1v) is 8.32. The van der Waals surface area contributed by atoms with E-state index < -0.39 is 5.60 Å². The average molecular weight is 328 g/mol. The molecule has 0 spiro atoms. The summed E-state index contributed by atoms with van der Waals surface area (Å²) in [4.78, 5) is 12.2. The van der Waals surface area contributed by atoms with E-state index in [-0.39, 0.29) is 12.6 Å². The molecule has 2 aromatic rings. The normalized spacial score (nSPS) is 17.0. The third-order valence-corrected chi connectivity index (χ3v) is 4.59. The molecule has 0 aliphatic heterocycles. The molecule has 1 saturated carbocycles. The minimum absolute atomic E-state index is 0.127. The Balaban J connectivity index is 1.60. The van der Waals surface area contributed by atoms with Crippen molar-refractivity contribution in [2.45, 2.75) is 37.7 Å². The van der Waals surface area contributed by atoms with Crippen molar-refractivity contribution in [1.82, 2.24) is 15.1 Å². The summed E-state index contributed by atoms with van der Waals surface area (Å²) in [7, 11) is 1.85. The van der Waals surface area contributed by atoms with Crippen molar-refractivity contribution < 1.29 is 9.90 Å². The molecule has 24 heavy (non-hydrogen) atoms. The van der Waals surface area contributed by atoms with Crippen molar-refractivity contribution >= 4 is 11.7 Å². The molecule has 0 saturated heterocycles. The summed E-state index contributed by atoms with van der Waals surface area (Å²) in [5.41, 5.74) is 1.35. The van der Waals surface area contributed by atoms with Crippen LogP contribution in [0.25, 0.3) is 0 Å². The third-order valence-electron chi connectivity index (χ3n) is 4.59. The van der Waals surface area contributed by atoms with Gasteiger partial charge < -0.3 is 15.7 Å². The Kier molecular flexibility index (Phi) is 4.57. The molecule has 1 atom stereocenters. The number of amides is 2. The van der Waals surface area contributed by atoms with Crippen LogP contribution in [-0.2, 0) is 12.6 Å². The summed E-state index contributed by atoms with van der Waals surface area (Å²) < 4.78 is 1.73. The van der Waals surface area contributed by atoms with E-state index in [0.29, 0.717) is 5.92 Å². The Labute approximate surface area is 141 Å². The minimum Gasteiger partial charge on any atom is -0.384 e. The summed E-state index contributed by atoms with van der Waals surface area (Å²) in [6.45, 7) is 1.81. The molecule has 3 N–H and O–H groups in total. The lowest BCUT2D eigenvalue weighted by molar-refractivity contribution is 0.0599. The molecule has 1 aliphatic carbocycles. The smallest absolute Gasteiger partial charge is 0.319 e. The molecular weight excluding hydrogens is 304 g/mol. The van der Waals surface area contributed by atoms with Crippen LogP contribution in [0.15, 0.2) is 36.5 Å². The molecular formula is C18H24N4O2. The largest absolute Gasteiger partial charge is 0.384 e. The number of anilines is 1. The molecule has 1 heterocycles. The number of nitrogens with zero attached hydrogens (tertiary/aromatic N) is 2. The molecule has 1 fully saturated rings. The second-order valence-electron chi connectivity index (χ2n) is 6.68. The fourth-order valence-electron chi connectivity index (χ4n) is 2.90. The van der Waals surface area contributed by atoms with Crippen molar-refractivity contribution in [3.8, 4) is 0 Å². The number of aryl methyl sites for hydroxylation is 1. The first-order chi connectivity index (χ1) is 11.5. The standard InChI is InChI=1S/C18H24N4O2/c1-18(24,14-9-4-3-5-10-14)12-19-17(23)20-15-11-22(2)21-16(15)13-7-6-8-13/h3-5,9-11,13,24H,6-8,12H2,1-2H3,(H2,19,20,23). The predicted octanol–water partition coefficient (Wildman–Crippen LogP) is 2.72. The van der Waals surface area contributed by atoms with E-state index in [2.05, 4.69) is 15.7 Å². The molecule has 1 aromatic carbocycles. The maximum atomic E-state index is 12.2. The molecule has 1 unspecified atom stereocenters. The lowest BCUT2D eigenvalue weighted by Gasteiger charge is -2.25. The van der Waals surface area contributed by atoms with Crippen LogP contribution in [-0.4, -0.2) is 27.5 Å². The molecule has 0 bridgehead atoms. The molecule has 1 aliphatic rings. The molecule has 3 rings (SSSR count). The van der Waals surface area contributed by atoms with Crippen LogP contribution in [0.5, 0.6) is 0 Å². The number of aliphatic hydroxyl groups is 1. The number of nitrogens with one attached hydrogen (secondary N) is 2. The maximum Gasteiger partial charge on any atom is 0.319 e. The average Bonchev–Trinajstić information content (AvgIpc) is 2.85. The topological polar surface area (TPSA) is 79.2 Å². The Hall–Kier alpha value is -2.34. The van der Waals surface area contributed by atoms with Crippen molar-refractivity contribution in [1.29, 1.82) is 0 Å². The highest BCUT2D eigenvalue weighted by molar-refractivity contribution is 5.89. The Morgan fingerprint density at radius 1 is 1.38 bits per heavy atom. The summed E-state index contributed by atoms with van der Waals surface area (Å²) in [6.07, 6.45) is 5.28. The molecule has 0 radical (unpaired) electrons. The van der Waals surface area contributed by atoms with Gasteiger partial charge in [-0.15, -0.1) is 0 Å². The van der Waals surface area contributed by atoms with Crippen molar-refractivity contribution in [3.05, 3.63) is 47.8 Å². The summed E-state index contributed by atoms with van der Waals surface area (Å²) >= 11 is 0. The predicted molar refractivity (Wildman–Crippen MR) is 92.8 cm³/mol. The monoisotopic (exact) mass is 328 g/mol. The number of carbonyl (C=O) groups is 1. The van der Waals surface area contributed by atoms with E-state index in [0.717, 1.165) is 29.8 Å². The van der Waals surface area contributed by atoms with Gasteiger partial charge in [0.15, 0.2) is 0 Å². The lowest BCUT2D eigenvalue weighted by Crippen LogP contribution is -2.40. The number of rotatable bonds is 5. The van der Waals surface area contributed by atoms with E-state index in [1.807, 2.05) is 43.6 Å². The van der Waals surface area contributed by atoms with Crippen molar-refractivity contribution in [2.75, 3.05) is 11.9 Å². The highest BCUT2D eigenvalue weighted by Gasteiger charge is 2.27. The van der Waals surface area contributed by atoms with Gasteiger partial charge in [-0.25, -0.2) is 4.79 Å². The van der Waals surface area contributed by atoms with E-state index in [1.165, 1.54) is 6.42 Å². The van der Waals surface area contributed by atoms with Crippen LogP contribution >= 0.6 is 0 Å². The van der Waals surface area contributed by atoms with E-state index in [9.17, 15) is 9.90 Å². The number of urea groups is 1. The van der Waals surface area contributed by atoms with Crippen LogP contribution in [0.1, 0.15) is 43.4 Å². The number of aromatic nitrogens is 2. The summed E-state index contributed by atoms with van der Waals surface area (Å²) in [5, 5.41) is 20.6. The van der Waals surface area contributed by atoms with Crippen LogP contribution in [0.2, 0.25) is 0 Å². The van der Waals surface area contributed by atoms with Gasteiger partial charge in [0, 0.05) is 19.2 Å². The fraction of sp³-hybridized carbons (Fsp3) is 0.444. The van der Waals surface area contributed by atoms with Gasteiger partial charge >= 0.3 is 6.03 Å². The van der Waals surface area contributed by atoms with Gasteiger partial charge in [-0.1, -0.05) is 36.8 Å². The zero-order valence-corrected chi connectivity index (χ0v) is 14.1. The van der Waals surface area contributed by atoms with Crippen LogP contribution in [0.3, 0.4) is 0 Å². The summed E-state index contributed by atoms with van der Waals surface area (Å²) in [5.74, 6) is 0.439. The second-order valence-corrected chi connectivity index (χ2v) is 6.68. The molecule has 128 valence electrons. The quantitative estimate of drug-likeness (QED) is 0.789. The van der Waals surface area contributed by atoms with E-state index in [4.69, 9.17) is 0 Å². The molecule has 6 nitrogen and oxygen atoms in total. The lowest BCUT2D eigenvalue weighted by atomic mass is 9.82. The Bertz CT molecular complexity index is 705. The first kappa shape index (κ1) is 16.5. The fourth-order valence-corrected chi connectivity index (χ4v) is 2.90.